The third-order valence-corrected chi connectivity index (χ3v) is 2.48. The van der Waals surface area contributed by atoms with Crippen LogP contribution < -0.4 is 5.32 Å². The highest BCUT2D eigenvalue weighted by Gasteiger charge is 2.27. The van der Waals surface area contributed by atoms with E-state index >= 15 is 0 Å². The van der Waals surface area contributed by atoms with Crippen molar-refractivity contribution in [3.63, 3.8) is 0 Å². The monoisotopic (exact) mass is 199 g/mol. The molecule has 0 saturated heterocycles. The van der Waals surface area contributed by atoms with Crippen molar-refractivity contribution in [3.05, 3.63) is 0 Å². The predicted octanol–water partition coefficient (Wildman–Crippen LogP) is 1.49. The summed E-state index contributed by atoms with van der Waals surface area (Å²) in [4.78, 5) is 22.5. The van der Waals surface area contributed by atoms with Crippen LogP contribution in [0.4, 0.5) is 4.79 Å². The Balaban J connectivity index is 2.41. The van der Waals surface area contributed by atoms with Crippen LogP contribution in [0.25, 0.3) is 0 Å². The van der Waals surface area contributed by atoms with Crippen LogP contribution >= 0.6 is 0 Å². The lowest BCUT2D eigenvalue weighted by Crippen LogP contribution is -2.44. The van der Waals surface area contributed by atoms with Gasteiger partial charge in [-0.2, -0.15) is 0 Å². The first-order valence-corrected chi connectivity index (χ1v) is 5.09. The normalized spacial score (nSPS) is 27.1. The highest BCUT2D eigenvalue weighted by molar-refractivity contribution is 5.87. The highest BCUT2D eigenvalue weighted by atomic mass is 16.5. The number of hydrogen-bond donors (Lipinski definition) is 1. The predicted molar refractivity (Wildman–Crippen MR) is 52.0 cm³/mol. The molecular formula is C10H17NO3. The van der Waals surface area contributed by atoms with Gasteiger partial charge in [0.25, 0.3) is 0 Å². The summed E-state index contributed by atoms with van der Waals surface area (Å²) in [7, 11) is 0. The lowest BCUT2D eigenvalue weighted by atomic mass is 9.86. The summed E-state index contributed by atoms with van der Waals surface area (Å²) in [6, 6.07) is -0.335. The van der Waals surface area contributed by atoms with Gasteiger partial charge >= 0.3 is 6.09 Å². The van der Waals surface area contributed by atoms with E-state index in [0.29, 0.717) is 18.9 Å². The molecule has 4 nitrogen and oxygen atoms in total. The van der Waals surface area contributed by atoms with Crippen molar-refractivity contribution in [2.75, 3.05) is 6.61 Å². The number of hydrogen-bond acceptors (Lipinski definition) is 3. The Kier molecular flexibility index (Phi) is 3.92. The Morgan fingerprint density at radius 2 is 2.36 bits per heavy atom. The van der Waals surface area contributed by atoms with Gasteiger partial charge in [0.1, 0.15) is 0 Å². The van der Waals surface area contributed by atoms with Crippen LogP contribution in [0.3, 0.4) is 0 Å². The summed E-state index contributed by atoms with van der Waals surface area (Å²) in [6.45, 7) is 4.17. The minimum atomic E-state index is -0.486. The molecule has 4 heteroatoms. The maximum atomic E-state index is 11.4. The number of carbonyl (C=O) groups excluding carboxylic acids is 2. The first kappa shape index (κ1) is 11.0. The van der Waals surface area contributed by atoms with Crippen LogP contribution in [0.15, 0.2) is 0 Å². The number of nitrogens with one attached hydrogen (secondary N) is 1. The summed E-state index contributed by atoms with van der Waals surface area (Å²) in [6.07, 6.45) is 1.75. The molecule has 2 atom stereocenters. The number of carbonyl (C=O) groups is 2. The van der Waals surface area contributed by atoms with E-state index in [0.717, 1.165) is 12.8 Å². The summed E-state index contributed by atoms with van der Waals surface area (Å²) in [5.74, 6) is 0.621. The van der Waals surface area contributed by atoms with Gasteiger partial charge in [0, 0.05) is 6.42 Å². The van der Waals surface area contributed by atoms with E-state index in [9.17, 15) is 9.59 Å². The zero-order chi connectivity index (χ0) is 10.6. The highest BCUT2D eigenvalue weighted by Crippen LogP contribution is 2.21. The van der Waals surface area contributed by atoms with Crippen molar-refractivity contribution in [3.8, 4) is 0 Å². The van der Waals surface area contributed by atoms with Crippen LogP contribution in [-0.4, -0.2) is 24.5 Å². The summed E-state index contributed by atoms with van der Waals surface area (Å²) >= 11 is 0. The lowest BCUT2D eigenvalue weighted by molar-refractivity contribution is -0.123. The van der Waals surface area contributed by atoms with E-state index in [1.54, 1.807) is 6.92 Å². The van der Waals surface area contributed by atoms with Crippen molar-refractivity contribution in [2.24, 2.45) is 5.92 Å². The van der Waals surface area contributed by atoms with Crippen molar-refractivity contribution in [1.29, 1.82) is 0 Å². The molecule has 2 unspecified atom stereocenters. The standard InChI is InChI=1S/C10H17NO3/c1-3-14-10(13)11-8-6-7(2)4-5-9(8)12/h7-8H,3-6H2,1-2H3,(H,11,13). The summed E-state index contributed by atoms with van der Waals surface area (Å²) < 4.78 is 4.73. The Labute approximate surface area is 84.0 Å². The number of rotatable bonds is 2. The van der Waals surface area contributed by atoms with Gasteiger partial charge in [0.2, 0.25) is 0 Å². The molecule has 1 N–H and O–H groups in total. The molecule has 80 valence electrons. The summed E-state index contributed by atoms with van der Waals surface area (Å²) in [5.41, 5.74) is 0. The van der Waals surface area contributed by atoms with Gasteiger partial charge in [0.05, 0.1) is 12.6 Å². The molecule has 0 aromatic carbocycles. The molecule has 0 aliphatic heterocycles. The van der Waals surface area contributed by atoms with E-state index in [1.165, 1.54) is 0 Å². The number of ketones is 1. The molecule has 0 heterocycles. The Morgan fingerprint density at radius 1 is 1.64 bits per heavy atom. The second kappa shape index (κ2) is 4.98. The quantitative estimate of drug-likeness (QED) is 0.733. The van der Waals surface area contributed by atoms with Crippen LogP contribution in [0.5, 0.6) is 0 Å². The maximum absolute atomic E-state index is 11.4. The second-order valence-corrected chi connectivity index (χ2v) is 3.76. The molecule has 0 spiro atoms. The Morgan fingerprint density at radius 3 is 3.00 bits per heavy atom. The fourth-order valence-electron chi connectivity index (χ4n) is 1.67. The lowest BCUT2D eigenvalue weighted by Gasteiger charge is -2.25. The van der Waals surface area contributed by atoms with Gasteiger partial charge in [-0.1, -0.05) is 6.92 Å². The first-order valence-electron chi connectivity index (χ1n) is 5.09. The first-order chi connectivity index (χ1) is 6.63. The molecule has 1 amide bonds. The van der Waals surface area contributed by atoms with E-state index in [-0.39, 0.29) is 11.8 Å². The van der Waals surface area contributed by atoms with Crippen molar-refractivity contribution in [2.45, 2.75) is 39.2 Å². The molecule has 1 fully saturated rings. The smallest absolute Gasteiger partial charge is 0.407 e. The molecule has 0 aromatic heterocycles. The van der Waals surface area contributed by atoms with Crippen molar-refractivity contribution < 1.29 is 14.3 Å². The SMILES string of the molecule is CCOC(=O)NC1CC(C)CCC1=O. The number of ether oxygens (including phenoxy) is 1. The second-order valence-electron chi connectivity index (χ2n) is 3.76. The fraction of sp³-hybridized carbons (Fsp3) is 0.800. The van der Waals surface area contributed by atoms with Crippen LogP contribution in [0, 0.1) is 5.92 Å². The van der Waals surface area contributed by atoms with Gasteiger partial charge in [-0.15, -0.1) is 0 Å². The molecule has 14 heavy (non-hydrogen) atoms. The molecule has 0 bridgehead atoms. The van der Waals surface area contributed by atoms with Crippen LogP contribution in [-0.2, 0) is 9.53 Å². The maximum Gasteiger partial charge on any atom is 0.407 e. The van der Waals surface area contributed by atoms with Crippen molar-refractivity contribution in [1.82, 2.24) is 5.32 Å². The number of alkyl carbamates (subject to hydrolysis) is 1. The third kappa shape index (κ3) is 3.01. The van der Waals surface area contributed by atoms with Crippen LogP contribution in [0.1, 0.15) is 33.1 Å². The van der Waals surface area contributed by atoms with Gasteiger partial charge in [-0.05, 0) is 25.7 Å². The van der Waals surface area contributed by atoms with Gasteiger partial charge < -0.3 is 10.1 Å². The minimum Gasteiger partial charge on any atom is -0.450 e. The van der Waals surface area contributed by atoms with Crippen molar-refractivity contribution >= 4 is 11.9 Å². The molecule has 0 aromatic rings. The van der Waals surface area contributed by atoms with Gasteiger partial charge in [-0.25, -0.2) is 4.79 Å². The molecule has 1 aliphatic carbocycles. The zero-order valence-electron chi connectivity index (χ0n) is 8.71. The Bertz CT molecular complexity index is 227. The third-order valence-electron chi connectivity index (χ3n) is 2.48. The summed E-state index contributed by atoms with van der Waals surface area (Å²) in [5, 5.41) is 2.59. The van der Waals surface area contributed by atoms with E-state index in [1.807, 2.05) is 0 Å². The molecular weight excluding hydrogens is 182 g/mol. The fourth-order valence-corrected chi connectivity index (χ4v) is 1.67. The average molecular weight is 199 g/mol. The van der Waals surface area contributed by atoms with Gasteiger partial charge in [-0.3, -0.25) is 4.79 Å². The van der Waals surface area contributed by atoms with E-state index in [4.69, 9.17) is 4.74 Å². The minimum absolute atomic E-state index is 0.121. The molecule has 1 aliphatic rings. The largest absolute Gasteiger partial charge is 0.450 e. The van der Waals surface area contributed by atoms with E-state index < -0.39 is 6.09 Å². The Hall–Kier alpha value is -1.06. The zero-order valence-corrected chi connectivity index (χ0v) is 8.71. The molecule has 1 rings (SSSR count). The number of amides is 1. The topological polar surface area (TPSA) is 55.4 Å². The molecule has 0 radical (unpaired) electrons. The molecule has 1 saturated carbocycles. The number of Topliss-reactive ketones (excluding diaryl/α,β-unsaturated/α-hetero) is 1. The average Bonchev–Trinajstić information content (AvgIpc) is 2.12. The van der Waals surface area contributed by atoms with E-state index in [2.05, 4.69) is 12.2 Å². The van der Waals surface area contributed by atoms with Gasteiger partial charge in [0.15, 0.2) is 5.78 Å². The van der Waals surface area contributed by atoms with Crippen LogP contribution in [0.2, 0.25) is 0 Å².